The molecule has 0 aliphatic heterocycles. The van der Waals surface area contributed by atoms with Crippen LogP contribution in [0.15, 0.2) is 102 Å². The summed E-state index contributed by atoms with van der Waals surface area (Å²) in [5.41, 5.74) is 0.494. The number of likely N-dealkylation sites (N-methyl/N-ethyl adjacent to an activating group) is 1. The quantitative estimate of drug-likeness (QED) is 0.168. The Labute approximate surface area is 282 Å². The highest BCUT2D eigenvalue weighted by Gasteiger charge is 2.36. The number of hydrogen-bond donors (Lipinski definition) is 1. The lowest BCUT2D eigenvalue weighted by molar-refractivity contribution is -0.140. The molecule has 47 heavy (non-hydrogen) atoms. The summed E-state index contributed by atoms with van der Waals surface area (Å²) in [4.78, 5) is 28.9. The van der Waals surface area contributed by atoms with Crippen molar-refractivity contribution in [1.29, 1.82) is 0 Å². The number of benzene rings is 4. The van der Waals surface area contributed by atoms with E-state index in [0.717, 1.165) is 23.3 Å². The molecule has 0 aliphatic rings. The van der Waals surface area contributed by atoms with Gasteiger partial charge in [-0.15, -0.1) is 0 Å². The maximum absolute atomic E-state index is 14.4. The first kappa shape index (κ1) is 35.8. The molecule has 1 atom stereocenters. The lowest BCUT2D eigenvalue weighted by Crippen LogP contribution is -2.53. The van der Waals surface area contributed by atoms with Crippen LogP contribution in [0.5, 0.6) is 0 Å². The maximum atomic E-state index is 14.4. The fraction of sp³-hybridized carbons (Fsp3) is 0.235. The third-order valence-corrected chi connectivity index (χ3v) is 9.84. The minimum Gasteiger partial charge on any atom is -0.355 e. The largest absolute Gasteiger partial charge is 0.416 e. The zero-order valence-corrected chi connectivity index (χ0v) is 27.8. The highest BCUT2D eigenvalue weighted by molar-refractivity contribution is 7.92. The number of amides is 2. The van der Waals surface area contributed by atoms with E-state index in [4.69, 9.17) is 23.2 Å². The zero-order valence-electron chi connectivity index (χ0n) is 25.5. The number of carbonyl (C=O) groups is 2. The van der Waals surface area contributed by atoms with Gasteiger partial charge in [0.05, 0.1) is 26.2 Å². The van der Waals surface area contributed by atoms with Gasteiger partial charge in [-0.25, -0.2) is 8.42 Å². The van der Waals surface area contributed by atoms with Crippen molar-refractivity contribution in [3.8, 4) is 0 Å². The number of halogens is 5. The van der Waals surface area contributed by atoms with Gasteiger partial charge in [0.25, 0.3) is 10.0 Å². The molecule has 13 heteroatoms. The highest BCUT2D eigenvalue weighted by Crippen LogP contribution is 2.34. The molecule has 0 fully saturated rings. The Morgan fingerprint density at radius 3 is 2.15 bits per heavy atom. The van der Waals surface area contributed by atoms with Crippen molar-refractivity contribution in [1.82, 2.24) is 10.2 Å². The topological polar surface area (TPSA) is 86.8 Å². The summed E-state index contributed by atoms with van der Waals surface area (Å²) in [6.45, 7) is 2.61. The van der Waals surface area contributed by atoms with Gasteiger partial charge in [-0.3, -0.25) is 13.9 Å². The summed E-state index contributed by atoms with van der Waals surface area (Å²) >= 11 is 12.4. The Hall–Kier alpha value is -4.06. The fourth-order valence-corrected chi connectivity index (χ4v) is 6.61. The molecule has 0 unspecified atom stereocenters. The second-order valence-corrected chi connectivity index (χ2v) is 13.4. The summed E-state index contributed by atoms with van der Waals surface area (Å²) in [6.07, 6.45) is -4.72. The minimum atomic E-state index is -4.78. The summed E-state index contributed by atoms with van der Waals surface area (Å²) in [7, 11) is -4.58. The highest BCUT2D eigenvalue weighted by atomic mass is 35.5. The van der Waals surface area contributed by atoms with Gasteiger partial charge >= 0.3 is 6.18 Å². The predicted molar refractivity (Wildman–Crippen MR) is 177 cm³/mol. The number of sulfonamides is 1. The number of aryl methyl sites for hydroxylation is 1. The summed E-state index contributed by atoms with van der Waals surface area (Å²) in [5.74, 6) is -1.34. The minimum absolute atomic E-state index is 0.0635. The van der Waals surface area contributed by atoms with Crippen molar-refractivity contribution in [2.75, 3.05) is 17.4 Å². The summed E-state index contributed by atoms with van der Waals surface area (Å²) in [5, 5.41) is 3.20. The van der Waals surface area contributed by atoms with Gasteiger partial charge in [0, 0.05) is 19.5 Å². The van der Waals surface area contributed by atoms with Crippen molar-refractivity contribution >= 4 is 50.7 Å². The second-order valence-electron chi connectivity index (χ2n) is 10.7. The van der Waals surface area contributed by atoms with E-state index in [-0.39, 0.29) is 40.1 Å². The molecule has 1 N–H and O–H groups in total. The van der Waals surface area contributed by atoms with Crippen LogP contribution in [0.3, 0.4) is 0 Å². The van der Waals surface area contributed by atoms with E-state index in [1.54, 1.807) is 62.4 Å². The van der Waals surface area contributed by atoms with Gasteiger partial charge in [0.1, 0.15) is 12.6 Å². The number of hydrogen-bond acceptors (Lipinski definition) is 4. The van der Waals surface area contributed by atoms with Gasteiger partial charge in [-0.05, 0) is 67.4 Å². The third kappa shape index (κ3) is 9.06. The molecular formula is C34H32Cl2F3N3O4S. The van der Waals surface area contributed by atoms with Crippen molar-refractivity contribution in [3.63, 3.8) is 0 Å². The van der Waals surface area contributed by atoms with Crippen molar-refractivity contribution < 1.29 is 31.2 Å². The second kappa shape index (κ2) is 15.2. The van der Waals surface area contributed by atoms with E-state index in [9.17, 15) is 31.2 Å². The molecule has 248 valence electrons. The predicted octanol–water partition coefficient (Wildman–Crippen LogP) is 7.29. The Morgan fingerprint density at radius 1 is 0.851 bits per heavy atom. The van der Waals surface area contributed by atoms with Crippen LogP contribution < -0.4 is 9.62 Å². The Morgan fingerprint density at radius 2 is 1.53 bits per heavy atom. The average molecular weight is 707 g/mol. The van der Waals surface area contributed by atoms with Crippen LogP contribution in [0, 0.1) is 6.92 Å². The SMILES string of the molecule is CCNC(=O)[C@H](Cc1ccccc1)N(Cc1ccc(Cl)c(Cl)c1)C(=O)CN(c1cccc(C(F)(F)F)c1)S(=O)(=O)c1ccc(C)cc1. The molecule has 4 rings (SSSR count). The molecule has 0 aliphatic carbocycles. The number of alkyl halides is 3. The van der Waals surface area contributed by atoms with Crippen LogP contribution in [0.2, 0.25) is 10.0 Å². The number of carbonyl (C=O) groups excluding carboxylic acids is 2. The van der Waals surface area contributed by atoms with Gasteiger partial charge in [0.15, 0.2) is 0 Å². The molecular weight excluding hydrogens is 674 g/mol. The number of nitrogens with one attached hydrogen (secondary N) is 1. The van der Waals surface area contributed by atoms with Crippen LogP contribution in [0.25, 0.3) is 0 Å². The van der Waals surface area contributed by atoms with Crippen LogP contribution >= 0.6 is 23.2 Å². The van der Waals surface area contributed by atoms with Crippen molar-refractivity contribution in [3.05, 3.63) is 129 Å². The van der Waals surface area contributed by atoms with E-state index in [1.165, 1.54) is 35.2 Å². The fourth-order valence-electron chi connectivity index (χ4n) is 4.88. The maximum Gasteiger partial charge on any atom is 0.416 e. The monoisotopic (exact) mass is 705 g/mol. The molecule has 0 saturated heterocycles. The van der Waals surface area contributed by atoms with E-state index in [2.05, 4.69) is 5.32 Å². The average Bonchev–Trinajstić information content (AvgIpc) is 3.03. The molecule has 0 saturated carbocycles. The molecule has 2 amide bonds. The molecule has 4 aromatic carbocycles. The Bertz CT molecular complexity index is 1820. The van der Waals surface area contributed by atoms with Crippen molar-refractivity contribution in [2.45, 2.75) is 43.9 Å². The molecule has 0 heterocycles. The van der Waals surface area contributed by atoms with E-state index in [0.29, 0.717) is 15.9 Å². The van der Waals surface area contributed by atoms with E-state index in [1.807, 2.05) is 0 Å². The standard InChI is InChI=1S/C34H32Cl2F3N3O4S/c1-3-40-33(44)31(19-24-8-5-4-6-9-24)41(21-25-14-17-29(35)30(36)18-25)32(43)22-42(27-11-7-10-26(20-27)34(37,38)39)47(45,46)28-15-12-23(2)13-16-28/h4-18,20,31H,3,19,21-22H2,1-2H3,(H,40,44)/t31-/m0/s1. The Kier molecular flexibility index (Phi) is 11.6. The number of anilines is 1. The lowest BCUT2D eigenvalue weighted by atomic mass is 10.0. The summed E-state index contributed by atoms with van der Waals surface area (Å²) < 4.78 is 70.0. The van der Waals surface area contributed by atoms with Crippen LogP contribution in [0.1, 0.15) is 29.2 Å². The van der Waals surface area contributed by atoms with E-state index < -0.39 is 46.2 Å². The van der Waals surface area contributed by atoms with Gasteiger partial charge in [-0.2, -0.15) is 13.2 Å². The lowest BCUT2D eigenvalue weighted by Gasteiger charge is -2.34. The van der Waals surface area contributed by atoms with Gasteiger partial charge in [-0.1, -0.05) is 83.4 Å². The zero-order chi connectivity index (χ0) is 34.4. The van der Waals surface area contributed by atoms with Crippen LogP contribution in [0.4, 0.5) is 18.9 Å². The first-order valence-corrected chi connectivity index (χ1v) is 16.7. The molecule has 0 spiro atoms. The third-order valence-electron chi connectivity index (χ3n) is 7.31. The van der Waals surface area contributed by atoms with Gasteiger partial charge < -0.3 is 10.2 Å². The first-order chi connectivity index (χ1) is 22.2. The first-order valence-electron chi connectivity index (χ1n) is 14.5. The molecule has 7 nitrogen and oxygen atoms in total. The van der Waals surface area contributed by atoms with E-state index >= 15 is 0 Å². The molecule has 0 radical (unpaired) electrons. The summed E-state index contributed by atoms with van der Waals surface area (Å²) in [6, 6.07) is 21.9. The molecule has 4 aromatic rings. The molecule has 0 aromatic heterocycles. The van der Waals surface area contributed by atoms with Gasteiger partial charge in [0.2, 0.25) is 11.8 Å². The van der Waals surface area contributed by atoms with Crippen LogP contribution in [-0.2, 0) is 38.8 Å². The Balaban J connectivity index is 1.85. The number of nitrogens with zero attached hydrogens (tertiary/aromatic N) is 2. The molecule has 0 bridgehead atoms. The normalized spacial score (nSPS) is 12.3. The van der Waals surface area contributed by atoms with Crippen LogP contribution in [-0.4, -0.2) is 44.3 Å². The smallest absolute Gasteiger partial charge is 0.355 e. The van der Waals surface area contributed by atoms with Crippen molar-refractivity contribution in [2.24, 2.45) is 0 Å². The number of rotatable bonds is 12.